The Bertz CT molecular complexity index is 538. The van der Waals surface area contributed by atoms with E-state index >= 15 is 0 Å². The summed E-state index contributed by atoms with van der Waals surface area (Å²) in [5, 5.41) is 2.68. The van der Waals surface area contributed by atoms with Gasteiger partial charge >= 0.3 is 6.09 Å². The first kappa shape index (κ1) is 19.9. The van der Waals surface area contributed by atoms with Crippen molar-refractivity contribution >= 4 is 12.0 Å². The average molecular weight is 335 g/mol. The number of nitrogens with zero attached hydrogens (tertiary/aromatic N) is 2. The lowest BCUT2D eigenvalue weighted by molar-refractivity contribution is -0.133. The zero-order valence-electron chi connectivity index (χ0n) is 15.5. The summed E-state index contributed by atoms with van der Waals surface area (Å²) in [5.74, 6) is -0.172. The maximum absolute atomic E-state index is 12.6. The van der Waals surface area contributed by atoms with Gasteiger partial charge in [0.05, 0.1) is 0 Å². The second kappa shape index (κ2) is 8.66. The number of likely N-dealkylation sites (N-methyl/N-ethyl adjacent to an activating group) is 1. The average Bonchev–Trinajstić information content (AvgIpc) is 2.48. The number of hydrogen-bond donors (Lipinski definition) is 1. The molecule has 1 atom stereocenters. The van der Waals surface area contributed by atoms with Crippen molar-refractivity contribution in [2.75, 3.05) is 13.6 Å². The van der Waals surface area contributed by atoms with Crippen LogP contribution in [0, 0.1) is 5.92 Å². The van der Waals surface area contributed by atoms with E-state index in [9.17, 15) is 9.59 Å². The van der Waals surface area contributed by atoms with Crippen LogP contribution in [0.25, 0.3) is 0 Å². The Hall–Kier alpha value is -2.11. The van der Waals surface area contributed by atoms with Crippen molar-refractivity contribution in [3.8, 4) is 0 Å². The van der Waals surface area contributed by atoms with E-state index in [-0.39, 0.29) is 11.8 Å². The monoisotopic (exact) mass is 335 g/mol. The first-order valence-electron chi connectivity index (χ1n) is 8.24. The van der Waals surface area contributed by atoms with E-state index in [2.05, 4.69) is 10.3 Å². The number of pyridine rings is 1. The highest BCUT2D eigenvalue weighted by Gasteiger charge is 2.28. The second-order valence-electron chi connectivity index (χ2n) is 7.20. The van der Waals surface area contributed by atoms with Crippen molar-refractivity contribution < 1.29 is 14.3 Å². The number of alkyl carbamates (subject to hydrolysis) is 1. The van der Waals surface area contributed by atoms with Crippen LogP contribution in [0.2, 0.25) is 0 Å². The van der Waals surface area contributed by atoms with Gasteiger partial charge in [0.25, 0.3) is 0 Å². The molecule has 0 aliphatic heterocycles. The third-order valence-corrected chi connectivity index (χ3v) is 3.41. The maximum atomic E-state index is 12.6. The van der Waals surface area contributed by atoms with Crippen LogP contribution >= 0.6 is 0 Å². The maximum Gasteiger partial charge on any atom is 0.408 e. The third-order valence-electron chi connectivity index (χ3n) is 3.41. The molecule has 1 aromatic rings. The molecule has 1 rings (SSSR count). The van der Waals surface area contributed by atoms with Gasteiger partial charge in [-0.3, -0.25) is 9.78 Å². The fraction of sp³-hybridized carbons (Fsp3) is 0.611. The number of aromatic nitrogens is 1. The lowest BCUT2D eigenvalue weighted by Gasteiger charge is -2.28. The Kier molecular flexibility index (Phi) is 7.19. The predicted octanol–water partition coefficient (Wildman–Crippen LogP) is 2.63. The summed E-state index contributed by atoms with van der Waals surface area (Å²) in [7, 11) is 1.73. The van der Waals surface area contributed by atoms with Gasteiger partial charge in [-0.1, -0.05) is 19.9 Å². The van der Waals surface area contributed by atoms with Crippen LogP contribution in [0.3, 0.4) is 0 Å². The van der Waals surface area contributed by atoms with Gasteiger partial charge in [0.15, 0.2) is 0 Å². The summed E-state index contributed by atoms with van der Waals surface area (Å²) in [6.45, 7) is 9.70. The van der Waals surface area contributed by atoms with E-state index in [1.807, 2.05) is 32.0 Å². The van der Waals surface area contributed by atoms with Crippen molar-refractivity contribution in [1.82, 2.24) is 15.2 Å². The summed E-state index contributed by atoms with van der Waals surface area (Å²) in [6.07, 6.45) is 1.83. The molecule has 0 spiro atoms. The molecule has 1 heterocycles. The van der Waals surface area contributed by atoms with E-state index in [4.69, 9.17) is 4.74 Å². The molecular formula is C18H29N3O3. The summed E-state index contributed by atoms with van der Waals surface area (Å²) in [6, 6.07) is 5.09. The lowest BCUT2D eigenvalue weighted by atomic mass is 10.0. The molecule has 1 aromatic heterocycles. The first-order chi connectivity index (χ1) is 11.1. The molecule has 0 fully saturated rings. The van der Waals surface area contributed by atoms with E-state index in [1.165, 1.54) is 0 Å². The van der Waals surface area contributed by atoms with Gasteiger partial charge in [-0.05, 0) is 38.8 Å². The van der Waals surface area contributed by atoms with Crippen LogP contribution in [0.1, 0.15) is 40.3 Å². The topological polar surface area (TPSA) is 71.5 Å². The van der Waals surface area contributed by atoms with Gasteiger partial charge in [0.1, 0.15) is 11.6 Å². The number of carbonyl (C=O) groups excluding carboxylic acids is 2. The van der Waals surface area contributed by atoms with Crippen LogP contribution in [0.4, 0.5) is 4.79 Å². The molecule has 0 radical (unpaired) electrons. The van der Waals surface area contributed by atoms with Gasteiger partial charge in [-0.15, -0.1) is 0 Å². The molecule has 0 bridgehead atoms. The van der Waals surface area contributed by atoms with Crippen molar-refractivity contribution in [1.29, 1.82) is 0 Å². The molecule has 0 aliphatic carbocycles. The van der Waals surface area contributed by atoms with Crippen molar-refractivity contribution in [3.05, 3.63) is 30.1 Å². The highest BCUT2D eigenvalue weighted by atomic mass is 16.6. The molecule has 0 saturated carbocycles. The van der Waals surface area contributed by atoms with Crippen molar-refractivity contribution in [2.45, 2.75) is 52.7 Å². The zero-order valence-corrected chi connectivity index (χ0v) is 15.5. The minimum Gasteiger partial charge on any atom is -0.444 e. The Morgan fingerprint density at radius 3 is 2.46 bits per heavy atom. The molecule has 6 heteroatoms. The Morgan fingerprint density at radius 2 is 1.96 bits per heavy atom. The molecule has 0 saturated heterocycles. The SMILES string of the molecule is CC(C)[C@H](NC(=O)OC(C)(C)C)C(=O)N(C)CCc1ccccn1. The Morgan fingerprint density at radius 1 is 1.29 bits per heavy atom. The summed E-state index contributed by atoms with van der Waals surface area (Å²) < 4.78 is 5.25. The molecule has 6 nitrogen and oxygen atoms in total. The number of rotatable bonds is 6. The molecular weight excluding hydrogens is 306 g/mol. The molecule has 2 amide bonds. The summed E-state index contributed by atoms with van der Waals surface area (Å²) >= 11 is 0. The normalized spacial score (nSPS) is 12.6. The molecule has 0 unspecified atom stereocenters. The van der Waals surface area contributed by atoms with Crippen LogP contribution in [-0.4, -0.2) is 47.1 Å². The number of amides is 2. The molecule has 0 aromatic carbocycles. The largest absolute Gasteiger partial charge is 0.444 e. The van der Waals surface area contributed by atoms with E-state index < -0.39 is 17.7 Å². The van der Waals surface area contributed by atoms with Gasteiger partial charge in [0, 0.05) is 31.9 Å². The number of hydrogen-bond acceptors (Lipinski definition) is 4. The standard InChI is InChI=1S/C18H29N3O3/c1-13(2)15(20-17(23)24-18(3,4)5)16(22)21(6)12-10-14-9-7-8-11-19-14/h7-9,11,13,15H,10,12H2,1-6H3,(H,20,23)/t15-/m0/s1. The van der Waals surface area contributed by atoms with Gasteiger partial charge < -0.3 is 15.0 Å². The van der Waals surface area contributed by atoms with Crippen LogP contribution < -0.4 is 5.32 Å². The first-order valence-corrected chi connectivity index (χ1v) is 8.24. The predicted molar refractivity (Wildman–Crippen MR) is 93.6 cm³/mol. The van der Waals surface area contributed by atoms with Crippen LogP contribution in [0.5, 0.6) is 0 Å². The minimum atomic E-state index is -0.617. The summed E-state index contributed by atoms with van der Waals surface area (Å²) in [4.78, 5) is 30.5. The van der Waals surface area contributed by atoms with E-state index in [0.717, 1.165) is 5.69 Å². The van der Waals surface area contributed by atoms with Crippen molar-refractivity contribution in [3.63, 3.8) is 0 Å². The lowest BCUT2D eigenvalue weighted by Crippen LogP contribution is -2.51. The number of carbonyl (C=O) groups is 2. The van der Waals surface area contributed by atoms with Crippen molar-refractivity contribution in [2.24, 2.45) is 5.92 Å². The highest BCUT2D eigenvalue weighted by Crippen LogP contribution is 2.10. The summed E-state index contributed by atoms with van der Waals surface area (Å²) in [5.41, 5.74) is 0.331. The highest BCUT2D eigenvalue weighted by molar-refractivity contribution is 5.85. The quantitative estimate of drug-likeness (QED) is 0.867. The van der Waals surface area contributed by atoms with Gasteiger partial charge in [-0.2, -0.15) is 0 Å². The number of nitrogens with one attached hydrogen (secondary N) is 1. The number of ether oxygens (including phenoxy) is 1. The fourth-order valence-corrected chi connectivity index (χ4v) is 2.12. The van der Waals surface area contributed by atoms with E-state index in [0.29, 0.717) is 13.0 Å². The second-order valence-corrected chi connectivity index (χ2v) is 7.20. The van der Waals surface area contributed by atoms with Crippen LogP contribution in [0.15, 0.2) is 24.4 Å². The van der Waals surface area contributed by atoms with Gasteiger partial charge in [-0.25, -0.2) is 4.79 Å². The Balaban J connectivity index is 2.63. The third kappa shape index (κ3) is 6.98. The Labute approximate surface area is 144 Å². The molecule has 1 N–H and O–H groups in total. The molecule has 24 heavy (non-hydrogen) atoms. The zero-order chi connectivity index (χ0) is 18.3. The fourth-order valence-electron chi connectivity index (χ4n) is 2.12. The molecule has 0 aliphatic rings. The molecule has 134 valence electrons. The van der Waals surface area contributed by atoms with E-state index in [1.54, 1.807) is 38.9 Å². The van der Waals surface area contributed by atoms with Crippen LogP contribution in [-0.2, 0) is 16.0 Å². The smallest absolute Gasteiger partial charge is 0.408 e. The minimum absolute atomic E-state index is 0.0395. The van der Waals surface area contributed by atoms with Gasteiger partial charge in [0.2, 0.25) is 5.91 Å².